The van der Waals surface area contributed by atoms with Gasteiger partial charge in [-0.05, 0) is 12.0 Å². The summed E-state index contributed by atoms with van der Waals surface area (Å²) in [6, 6.07) is 4.82. The number of para-hydroxylation sites is 1. The molecule has 1 heterocycles. The molecule has 2 rings (SSSR count). The molecule has 15 heavy (non-hydrogen) atoms. The van der Waals surface area contributed by atoms with Crippen LogP contribution in [0.1, 0.15) is 12.0 Å². The Bertz CT molecular complexity index is 447. The number of aryl methyl sites for hydroxylation is 1. The molecule has 5 nitrogen and oxygen atoms in total. The number of fused-ring (bicyclic) bond motifs is 1. The standard InChI is InChI=1S/C9H7BrN2O3/c10-11-8(13)5-4-6-2-1-3-7(9(6)11)12(14)15/h1-3H,4-5H2. The third-order valence-corrected chi connectivity index (χ3v) is 3.07. The van der Waals surface area contributed by atoms with Crippen molar-refractivity contribution in [3.8, 4) is 0 Å². The molecular weight excluding hydrogens is 264 g/mol. The van der Waals surface area contributed by atoms with Crippen molar-refractivity contribution in [2.24, 2.45) is 0 Å². The molecule has 6 heteroatoms. The van der Waals surface area contributed by atoms with Crippen molar-refractivity contribution in [2.45, 2.75) is 12.8 Å². The number of amides is 1. The molecule has 0 atom stereocenters. The van der Waals surface area contributed by atoms with Crippen LogP contribution in [0.3, 0.4) is 0 Å². The molecule has 0 radical (unpaired) electrons. The van der Waals surface area contributed by atoms with Crippen LogP contribution in [-0.2, 0) is 11.2 Å². The van der Waals surface area contributed by atoms with Gasteiger partial charge >= 0.3 is 0 Å². The van der Waals surface area contributed by atoms with Gasteiger partial charge in [0.25, 0.3) is 5.69 Å². The highest BCUT2D eigenvalue weighted by molar-refractivity contribution is 9.10. The van der Waals surface area contributed by atoms with Crippen molar-refractivity contribution >= 4 is 33.4 Å². The van der Waals surface area contributed by atoms with Gasteiger partial charge in [0.2, 0.25) is 5.91 Å². The fraction of sp³-hybridized carbons (Fsp3) is 0.222. The number of rotatable bonds is 1. The van der Waals surface area contributed by atoms with E-state index in [0.29, 0.717) is 18.5 Å². The molecule has 0 N–H and O–H groups in total. The molecule has 0 fully saturated rings. The molecule has 1 aliphatic heterocycles. The number of nitro benzene ring substituents is 1. The van der Waals surface area contributed by atoms with Crippen molar-refractivity contribution < 1.29 is 9.72 Å². The highest BCUT2D eigenvalue weighted by Gasteiger charge is 2.29. The number of carbonyl (C=O) groups excluding carboxylic acids is 1. The Morgan fingerprint density at radius 3 is 2.80 bits per heavy atom. The van der Waals surface area contributed by atoms with Crippen LogP contribution in [0.25, 0.3) is 0 Å². The van der Waals surface area contributed by atoms with Crippen molar-refractivity contribution in [1.29, 1.82) is 0 Å². The fourth-order valence-corrected chi connectivity index (χ4v) is 2.20. The van der Waals surface area contributed by atoms with Gasteiger partial charge in [-0.1, -0.05) is 12.1 Å². The minimum atomic E-state index is -0.480. The number of nitrogens with zero attached hydrogens (tertiary/aromatic N) is 2. The lowest BCUT2D eigenvalue weighted by Gasteiger charge is -2.22. The highest BCUT2D eigenvalue weighted by atomic mass is 79.9. The molecule has 0 unspecified atom stereocenters. The fourth-order valence-electron chi connectivity index (χ4n) is 1.62. The van der Waals surface area contributed by atoms with Gasteiger partial charge in [0.15, 0.2) is 0 Å². The Labute approximate surface area is 94.2 Å². The maximum absolute atomic E-state index is 11.4. The molecule has 78 valence electrons. The van der Waals surface area contributed by atoms with Gasteiger partial charge in [0.05, 0.1) is 21.1 Å². The van der Waals surface area contributed by atoms with Crippen LogP contribution in [-0.4, -0.2) is 10.8 Å². The predicted molar refractivity (Wildman–Crippen MR) is 57.8 cm³/mol. The number of halogens is 1. The molecule has 0 spiro atoms. The Balaban J connectivity index is 2.62. The van der Waals surface area contributed by atoms with E-state index in [1.54, 1.807) is 12.1 Å². The second kappa shape index (κ2) is 3.62. The number of benzene rings is 1. The quantitative estimate of drug-likeness (QED) is 0.446. The zero-order valence-electron chi connectivity index (χ0n) is 7.64. The zero-order valence-corrected chi connectivity index (χ0v) is 9.23. The largest absolute Gasteiger partial charge is 0.294 e. The average Bonchev–Trinajstić information content (AvgIpc) is 2.23. The summed E-state index contributed by atoms with van der Waals surface area (Å²) >= 11 is 3.05. The summed E-state index contributed by atoms with van der Waals surface area (Å²) in [5, 5.41) is 10.8. The minimum Gasteiger partial charge on any atom is -0.274 e. The van der Waals surface area contributed by atoms with E-state index in [0.717, 1.165) is 5.56 Å². The second-order valence-electron chi connectivity index (χ2n) is 3.22. The van der Waals surface area contributed by atoms with Crippen LogP contribution in [0, 0.1) is 10.1 Å². The van der Waals surface area contributed by atoms with Crippen molar-refractivity contribution in [1.82, 2.24) is 0 Å². The van der Waals surface area contributed by atoms with Gasteiger partial charge in [-0.15, -0.1) is 0 Å². The smallest absolute Gasteiger partial charge is 0.274 e. The number of anilines is 1. The second-order valence-corrected chi connectivity index (χ2v) is 3.93. The molecular formula is C9H7BrN2O3. The van der Waals surface area contributed by atoms with E-state index in [9.17, 15) is 14.9 Å². The van der Waals surface area contributed by atoms with E-state index in [4.69, 9.17) is 0 Å². The third kappa shape index (κ3) is 1.61. The summed E-state index contributed by atoms with van der Waals surface area (Å²) < 4.78 is 1.18. The molecule has 1 aromatic rings. The van der Waals surface area contributed by atoms with Gasteiger partial charge < -0.3 is 0 Å². The number of hydrogen-bond donors (Lipinski definition) is 0. The van der Waals surface area contributed by atoms with Crippen molar-refractivity contribution in [2.75, 3.05) is 3.93 Å². The molecule has 0 bridgehead atoms. The third-order valence-electron chi connectivity index (χ3n) is 2.32. The topological polar surface area (TPSA) is 63.4 Å². The average molecular weight is 271 g/mol. The molecule has 0 saturated heterocycles. The highest BCUT2D eigenvalue weighted by Crippen LogP contribution is 2.37. The first-order chi connectivity index (χ1) is 7.11. The molecule has 1 aromatic carbocycles. The monoisotopic (exact) mass is 270 g/mol. The Hall–Kier alpha value is -1.43. The van der Waals surface area contributed by atoms with Crippen LogP contribution in [0.2, 0.25) is 0 Å². The lowest BCUT2D eigenvalue weighted by molar-refractivity contribution is -0.384. The van der Waals surface area contributed by atoms with Gasteiger partial charge in [-0.3, -0.25) is 14.9 Å². The van der Waals surface area contributed by atoms with E-state index in [1.165, 1.54) is 9.99 Å². The Morgan fingerprint density at radius 1 is 1.40 bits per heavy atom. The van der Waals surface area contributed by atoms with Crippen molar-refractivity contribution in [3.63, 3.8) is 0 Å². The zero-order chi connectivity index (χ0) is 11.0. The van der Waals surface area contributed by atoms with Crippen LogP contribution in [0.4, 0.5) is 11.4 Å². The van der Waals surface area contributed by atoms with Crippen LogP contribution in [0.15, 0.2) is 18.2 Å². The summed E-state index contributed by atoms with van der Waals surface area (Å²) in [5.74, 6) is -0.156. The van der Waals surface area contributed by atoms with Gasteiger partial charge in [0, 0.05) is 12.5 Å². The number of nitro groups is 1. The van der Waals surface area contributed by atoms with E-state index >= 15 is 0 Å². The summed E-state index contributed by atoms with van der Waals surface area (Å²) in [6.45, 7) is 0. The van der Waals surface area contributed by atoms with Crippen molar-refractivity contribution in [3.05, 3.63) is 33.9 Å². The van der Waals surface area contributed by atoms with E-state index < -0.39 is 4.92 Å². The van der Waals surface area contributed by atoms with Crippen LogP contribution >= 0.6 is 16.1 Å². The molecule has 0 saturated carbocycles. The summed E-state index contributed by atoms with van der Waals surface area (Å²) in [7, 11) is 0. The summed E-state index contributed by atoms with van der Waals surface area (Å²) in [5.41, 5.74) is 1.14. The Kier molecular flexibility index (Phi) is 2.44. The number of hydrogen-bond acceptors (Lipinski definition) is 3. The minimum absolute atomic E-state index is 0.0441. The van der Waals surface area contributed by atoms with Gasteiger partial charge in [-0.2, -0.15) is 0 Å². The lowest BCUT2D eigenvalue weighted by Crippen LogP contribution is -2.26. The Morgan fingerprint density at radius 2 is 2.13 bits per heavy atom. The lowest BCUT2D eigenvalue weighted by atomic mass is 10.0. The number of carbonyl (C=O) groups is 1. The van der Waals surface area contributed by atoms with Gasteiger partial charge in [0.1, 0.15) is 5.69 Å². The van der Waals surface area contributed by atoms with Crippen LogP contribution in [0.5, 0.6) is 0 Å². The molecule has 1 aliphatic rings. The van der Waals surface area contributed by atoms with Gasteiger partial charge in [-0.25, -0.2) is 3.93 Å². The maximum Gasteiger partial charge on any atom is 0.294 e. The normalized spacial score (nSPS) is 15.0. The predicted octanol–water partition coefficient (Wildman–Crippen LogP) is 2.18. The first-order valence-corrected chi connectivity index (χ1v) is 5.07. The summed E-state index contributed by atoms with van der Waals surface area (Å²) in [4.78, 5) is 21.7. The van der Waals surface area contributed by atoms with E-state index in [-0.39, 0.29) is 11.6 Å². The molecule has 0 aromatic heterocycles. The molecule has 1 amide bonds. The van der Waals surface area contributed by atoms with E-state index in [1.807, 2.05) is 0 Å². The SMILES string of the molecule is O=C1CCc2cccc([N+](=O)[O-])c2N1Br. The molecule has 0 aliphatic carbocycles. The first-order valence-electron chi connectivity index (χ1n) is 4.36. The van der Waals surface area contributed by atoms with Crippen LogP contribution < -0.4 is 3.93 Å². The summed E-state index contributed by atoms with van der Waals surface area (Å²) in [6.07, 6.45) is 0.928. The maximum atomic E-state index is 11.4. The first kappa shape index (κ1) is 10.1. The van der Waals surface area contributed by atoms with E-state index in [2.05, 4.69) is 16.1 Å².